The highest BCUT2D eigenvalue weighted by atomic mass is 19.4. The zero-order valence-corrected chi connectivity index (χ0v) is 18.5. The van der Waals surface area contributed by atoms with Crippen molar-refractivity contribution in [3.63, 3.8) is 0 Å². The summed E-state index contributed by atoms with van der Waals surface area (Å²) in [5, 5.41) is 20.4. The number of rotatable bonds is 4. The van der Waals surface area contributed by atoms with Crippen molar-refractivity contribution < 1.29 is 46.1 Å². The number of hydrogen-bond acceptors (Lipinski definition) is 2. The standard InChI is InChI=1S/C24H24F6O4/c1-12-11-22(21(33)34,15-6-4-3-5-7-15)19(18(13(12)2)20(31)32)14-8-16(23(25,26)27)10-17(9-14)24(28,29)30/h8-11,15,19H,3-7H2,1-2H3,(H,31,32)(H,33,34). The average molecular weight is 490 g/mol. The van der Waals surface area contributed by atoms with Crippen LogP contribution in [0.2, 0.25) is 0 Å². The normalized spacial score (nSPS) is 24.7. The molecule has 0 aliphatic heterocycles. The molecule has 186 valence electrons. The van der Waals surface area contributed by atoms with Crippen LogP contribution in [0, 0.1) is 11.3 Å². The van der Waals surface area contributed by atoms with E-state index in [0.29, 0.717) is 43.4 Å². The van der Waals surface area contributed by atoms with E-state index in [9.17, 15) is 46.1 Å². The first-order chi connectivity index (χ1) is 15.6. The molecule has 1 aromatic rings. The first kappa shape index (κ1) is 25.8. The van der Waals surface area contributed by atoms with Crippen LogP contribution in [0.4, 0.5) is 26.3 Å². The van der Waals surface area contributed by atoms with Crippen molar-refractivity contribution in [1.82, 2.24) is 0 Å². The lowest BCUT2D eigenvalue weighted by atomic mass is 9.55. The lowest BCUT2D eigenvalue weighted by Gasteiger charge is -2.46. The fourth-order valence-electron chi connectivity index (χ4n) is 5.38. The lowest BCUT2D eigenvalue weighted by Crippen LogP contribution is -2.47. The van der Waals surface area contributed by atoms with Gasteiger partial charge in [0.2, 0.25) is 0 Å². The Morgan fingerprint density at radius 3 is 1.79 bits per heavy atom. The van der Waals surface area contributed by atoms with Gasteiger partial charge in [-0.2, -0.15) is 26.3 Å². The largest absolute Gasteiger partial charge is 0.481 e. The number of allylic oxidation sites excluding steroid dienone is 2. The minimum atomic E-state index is -5.16. The van der Waals surface area contributed by atoms with Crippen molar-refractivity contribution in [2.75, 3.05) is 0 Å². The van der Waals surface area contributed by atoms with Gasteiger partial charge in [0.1, 0.15) is 5.41 Å². The first-order valence-electron chi connectivity index (χ1n) is 10.8. The molecule has 2 aliphatic rings. The second kappa shape index (κ2) is 8.78. The number of benzene rings is 1. The van der Waals surface area contributed by atoms with Gasteiger partial charge >= 0.3 is 24.3 Å². The van der Waals surface area contributed by atoms with E-state index in [1.165, 1.54) is 19.9 Å². The number of carboxylic acids is 2. The Balaban J connectivity index is 2.43. The number of carboxylic acid groups (broad SMARTS) is 2. The molecule has 0 radical (unpaired) electrons. The Kier molecular flexibility index (Phi) is 6.67. The number of carbonyl (C=O) groups is 2. The maximum absolute atomic E-state index is 13.6. The molecule has 2 N–H and O–H groups in total. The summed E-state index contributed by atoms with van der Waals surface area (Å²) in [5.74, 6) is -5.45. The highest BCUT2D eigenvalue weighted by Gasteiger charge is 2.56. The van der Waals surface area contributed by atoms with Crippen LogP contribution in [0.15, 0.2) is 41.0 Å². The molecular formula is C24H24F6O4. The maximum Gasteiger partial charge on any atom is 0.416 e. The van der Waals surface area contributed by atoms with Crippen molar-refractivity contribution >= 4 is 11.9 Å². The van der Waals surface area contributed by atoms with Gasteiger partial charge in [-0.05, 0) is 61.9 Å². The molecule has 4 nitrogen and oxygen atoms in total. The molecule has 0 spiro atoms. The molecule has 0 amide bonds. The third kappa shape index (κ3) is 4.46. The van der Waals surface area contributed by atoms with Crippen LogP contribution in [0.3, 0.4) is 0 Å². The fraction of sp³-hybridized carbons (Fsp3) is 0.500. The average Bonchev–Trinajstić information content (AvgIpc) is 2.73. The third-order valence-corrected chi connectivity index (χ3v) is 7.04. The zero-order valence-electron chi connectivity index (χ0n) is 18.5. The molecule has 1 aromatic carbocycles. The summed E-state index contributed by atoms with van der Waals surface area (Å²) in [7, 11) is 0. The zero-order chi connectivity index (χ0) is 25.6. The number of hydrogen-bond donors (Lipinski definition) is 2. The van der Waals surface area contributed by atoms with Gasteiger partial charge in [-0.15, -0.1) is 0 Å². The quantitative estimate of drug-likeness (QED) is 0.454. The summed E-state index contributed by atoms with van der Waals surface area (Å²) in [4.78, 5) is 25.2. The Bertz CT molecular complexity index is 1030. The van der Waals surface area contributed by atoms with E-state index in [2.05, 4.69) is 0 Å². The first-order valence-corrected chi connectivity index (χ1v) is 10.8. The summed E-state index contributed by atoms with van der Waals surface area (Å²) in [6.07, 6.45) is -6.19. The van der Waals surface area contributed by atoms with Crippen molar-refractivity contribution in [2.24, 2.45) is 11.3 Å². The Hall–Kier alpha value is -2.78. The smallest absolute Gasteiger partial charge is 0.416 e. The van der Waals surface area contributed by atoms with Gasteiger partial charge in [0, 0.05) is 11.5 Å². The second-order valence-corrected chi connectivity index (χ2v) is 9.02. The summed E-state index contributed by atoms with van der Waals surface area (Å²) in [6, 6.07) is 0.851. The molecule has 1 saturated carbocycles. The van der Waals surface area contributed by atoms with Crippen molar-refractivity contribution in [1.29, 1.82) is 0 Å². The molecule has 3 rings (SSSR count). The molecular weight excluding hydrogens is 466 g/mol. The number of aliphatic carboxylic acids is 2. The molecule has 2 atom stereocenters. The van der Waals surface area contributed by atoms with Crippen LogP contribution in [0.25, 0.3) is 0 Å². The van der Waals surface area contributed by atoms with Gasteiger partial charge < -0.3 is 10.2 Å². The van der Waals surface area contributed by atoms with E-state index in [4.69, 9.17) is 0 Å². The monoisotopic (exact) mass is 490 g/mol. The van der Waals surface area contributed by atoms with Gasteiger partial charge in [0.15, 0.2) is 0 Å². The molecule has 0 saturated heterocycles. The minimum absolute atomic E-state index is 0.0481. The molecule has 10 heteroatoms. The van der Waals surface area contributed by atoms with Gasteiger partial charge in [0.05, 0.1) is 11.1 Å². The predicted octanol–water partition coefficient (Wildman–Crippen LogP) is 6.82. The van der Waals surface area contributed by atoms with Crippen molar-refractivity contribution in [3.05, 3.63) is 57.7 Å². The fourth-order valence-corrected chi connectivity index (χ4v) is 5.38. The maximum atomic E-state index is 13.6. The van der Waals surface area contributed by atoms with Crippen LogP contribution < -0.4 is 0 Å². The van der Waals surface area contributed by atoms with E-state index >= 15 is 0 Å². The molecule has 2 unspecified atom stereocenters. The van der Waals surface area contributed by atoms with Gasteiger partial charge in [-0.25, -0.2) is 4.79 Å². The highest BCUT2D eigenvalue weighted by molar-refractivity contribution is 5.95. The van der Waals surface area contributed by atoms with Gasteiger partial charge in [-0.3, -0.25) is 4.79 Å². The minimum Gasteiger partial charge on any atom is -0.481 e. The SMILES string of the molecule is CC1=CC(C(=O)O)(C2CCCCC2)C(c2cc(C(F)(F)F)cc(C(F)(F)F)c2)C(C(=O)O)=C1C. The second-order valence-electron chi connectivity index (χ2n) is 9.02. The van der Waals surface area contributed by atoms with Crippen LogP contribution >= 0.6 is 0 Å². The Labute approximate surface area is 192 Å². The predicted molar refractivity (Wildman–Crippen MR) is 110 cm³/mol. The van der Waals surface area contributed by atoms with Crippen molar-refractivity contribution in [2.45, 2.75) is 64.2 Å². The van der Waals surface area contributed by atoms with Crippen LogP contribution in [0.1, 0.15) is 68.6 Å². The summed E-state index contributed by atoms with van der Waals surface area (Å²) >= 11 is 0. The lowest BCUT2D eigenvalue weighted by molar-refractivity contribution is -0.151. The topological polar surface area (TPSA) is 74.6 Å². The molecule has 1 fully saturated rings. The molecule has 2 aliphatic carbocycles. The van der Waals surface area contributed by atoms with Crippen LogP contribution in [0.5, 0.6) is 0 Å². The van der Waals surface area contributed by atoms with Crippen LogP contribution in [-0.4, -0.2) is 22.2 Å². The molecule has 0 aromatic heterocycles. The number of alkyl halides is 6. The van der Waals surface area contributed by atoms with E-state index in [-0.39, 0.29) is 11.6 Å². The van der Waals surface area contributed by atoms with Gasteiger partial charge in [0.25, 0.3) is 0 Å². The van der Waals surface area contributed by atoms with E-state index in [1.54, 1.807) is 0 Å². The Morgan fingerprint density at radius 2 is 1.38 bits per heavy atom. The van der Waals surface area contributed by atoms with Crippen LogP contribution in [-0.2, 0) is 21.9 Å². The summed E-state index contributed by atoms with van der Waals surface area (Å²) in [6.45, 7) is 2.88. The van der Waals surface area contributed by atoms with Crippen molar-refractivity contribution in [3.8, 4) is 0 Å². The molecule has 0 bridgehead atoms. The van der Waals surface area contributed by atoms with E-state index in [0.717, 1.165) is 6.42 Å². The Morgan fingerprint density at radius 1 is 0.882 bits per heavy atom. The highest BCUT2D eigenvalue weighted by Crippen LogP contribution is 2.57. The number of halogens is 6. The van der Waals surface area contributed by atoms with Gasteiger partial charge in [-0.1, -0.05) is 30.9 Å². The van der Waals surface area contributed by atoms with E-state index in [1.807, 2.05) is 0 Å². The molecule has 34 heavy (non-hydrogen) atoms. The third-order valence-electron chi connectivity index (χ3n) is 7.04. The molecule has 0 heterocycles. The summed E-state index contributed by atoms with van der Waals surface area (Å²) in [5.41, 5.74) is -5.93. The van der Waals surface area contributed by atoms with E-state index < -0.39 is 63.8 Å². The summed E-state index contributed by atoms with van der Waals surface area (Å²) < 4.78 is 81.5.